The highest BCUT2D eigenvalue weighted by Crippen LogP contribution is 2.25. The van der Waals surface area contributed by atoms with E-state index in [0.29, 0.717) is 6.04 Å². The van der Waals surface area contributed by atoms with Crippen molar-refractivity contribution in [2.45, 2.75) is 17.9 Å². The molecule has 0 saturated carbocycles. The Bertz CT molecular complexity index is 278. The molecule has 1 aliphatic heterocycles. The molecule has 1 saturated heterocycles. The molecule has 0 N–H and O–H groups in total. The molecule has 3 heteroatoms. The van der Waals surface area contributed by atoms with E-state index in [2.05, 4.69) is 35.5 Å². The van der Waals surface area contributed by atoms with E-state index in [1.165, 1.54) is 4.90 Å². The second-order valence-electron chi connectivity index (χ2n) is 3.47. The lowest BCUT2D eigenvalue weighted by molar-refractivity contribution is 0.0440. The van der Waals surface area contributed by atoms with Gasteiger partial charge in [0.1, 0.15) is 0 Å². The van der Waals surface area contributed by atoms with Crippen molar-refractivity contribution in [3.05, 3.63) is 30.3 Å². The van der Waals surface area contributed by atoms with E-state index in [1.54, 1.807) is 0 Å². The number of hydrogen-bond acceptors (Lipinski definition) is 3. The maximum Gasteiger partial charge on any atom is 0.0629 e. The highest BCUT2D eigenvalue weighted by Gasteiger charge is 2.19. The molecule has 0 spiro atoms. The molecule has 1 unspecified atom stereocenters. The van der Waals surface area contributed by atoms with E-state index in [0.717, 1.165) is 19.8 Å². The van der Waals surface area contributed by atoms with Gasteiger partial charge < -0.3 is 4.74 Å². The molecule has 1 aliphatic rings. The quantitative estimate of drug-likeness (QED) is 0.694. The predicted octanol–water partition coefficient (Wildman–Crippen LogP) is 2.41. The molecule has 0 aromatic heterocycles. The molecule has 0 aliphatic carbocycles. The van der Waals surface area contributed by atoms with Gasteiger partial charge >= 0.3 is 0 Å². The van der Waals surface area contributed by atoms with Crippen molar-refractivity contribution in [1.82, 2.24) is 4.31 Å². The summed E-state index contributed by atoms with van der Waals surface area (Å²) in [5.74, 6) is 0. The van der Waals surface area contributed by atoms with Crippen LogP contribution in [0.25, 0.3) is 0 Å². The summed E-state index contributed by atoms with van der Waals surface area (Å²) in [5.41, 5.74) is 0. The first-order chi connectivity index (χ1) is 6.86. The fraction of sp³-hybridized carbons (Fsp3) is 0.455. The van der Waals surface area contributed by atoms with Gasteiger partial charge in [-0.05, 0) is 31.0 Å². The van der Waals surface area contributed by atoms with Gasteiger partial charge in [0, 0.05) is 17.5 Å². The molecule has 0 radical (unpaired) electrons. The third-order valence-electron chi connectivity index (χ3n) is 2.27. The molecule has 1 heterocycles. The van der Waals surface area contributed by atoms with Crippen LogP contribution < -0.4 is 0 Å². The molecule has 2 nitrogen and oxygen atoms in total. The Labute approximate surface area is 89.4 Å². The third kappa shape index (κ3) is 2.50. The molecule has 0 amide bonds. The highest BCUT2D eigenvalue weighted by molar-refractivity contribution is 7.97. The standard InChI is InChI=1S/C11H15NOS/c1-10-9-13-8-7-12(10)14-11-5-3-2-4-6-11/h2-6,10H,7-9H2,1H3. The van der Waals surface area contributed by atoms with Gasteiger partial charge in [0.15, 0.2) is 0 Å². The van der Waals surface area contributed by atoms with E-state index in [9.17, 15) is 0 Å². The minimum Gasteiger partial charge on any atom is -0.378 e. The molecule has 1 atom stereocenters. The number of morpholine rings is 1. The van der Waals surface area contributed by atoms with Crippen LogP contribution >= 0.6 is 11.9 Å². The molecule has 76 valence electrons. The first-order valence-electron chi connectivity index (χ1n) is 4.93. The average molecular weight is 209 g/mol. The van der Waals surface area contributed by atoms with Crippen LogP contribution in [0.4, 0.5) is 0 Å². The lowest BCUT2D eigenvalue weighted by Gasteiger charge is -2.31. The molecule has 1 aromatic carbocycles. The number of nitrogens with zero attached hydrogens (tertiary/aromatic N) is 1. The van der Waals surface area contributed by atoms with Gasteiger partial charge in [0.05, 0.1) is 13.2 Å². The fourth-order valence-corrected chi connectivity index (χ4v) is 2.42. The van der Waals surface area contributed by atoms with Crippen molar-refractivity contribution >= 4 is 11.9 Å². The average Bonchev–Trinajstić information content (AvgIpc) is 2.23. The molecule has 0 bridgehead atoms. The monoisotopic (exact) mass is 209 g/mol. The van der Waals surface area contributed by atoms with E-state index < -0.39 is 0 Å². The fourth-order valence-electron chi connectivity index (χ4n) is 1.46. The van der Waals surface area contributed by atoms with Crippen molar-refractivity contribution < 1.29 is 4.74 Å². The number of hydrogen-bond donors (Lipinski definition) is 0. The van der Waals surface area contributed by atoms with Gasteiger partial charge in [0.25, 0.3) is 0 Å². The Morgan fingerprint density at radius 1 is 1.36 bits per heavy atom. The van der Waals surface area contributed by atoms with E-state index >= 15 is 0 Å². The van der Waals surface area contributed by atoms with Crippen molar-refractivity contribution in [3.8, 4) is 0 Å². The lowest BCUT2D eigenvalue weighted by atomic mass is 10.3. The largest absolute Gasteiger partial charge is 0.378 e. The van der Waals surface area contributed by atoms with Crippen LogP contribution in [0, 0.1) is 0 Å². The smallest absolute Gasteiger partial charge is 0.0629 e. The molecule has 1 aromatic rings. The normalized spacial score (nSPS) is 23.6. The summed E-state index contributed by atoms with van der Waals surface area (Å²) in [7, 11) is 0. The van der Waals surface area contributed by atoms with E-state index in [1.807, 2.05) is 18.0 Å². The molecular weight excluding hydrogens is 194 g/mol. The molecule has 2 rings (SSSR count). The Hall–Kier alpha value is -0.510. The van der Waals surface area contributed by atoms with Crippen LogP contribution in [0.5, 0.6) is 0 Å². The molecule has 1 fully saturated rings. The summed E-state index contributed by atoms with van der Waals surface area (Å²) in [6.07, 6.45) is 0. The maximum absolute atomic E-state index is 5.39. The SMILES string of the molecule is CC1COCCN1Sc1ccccc1. The predicted molar refractivity (Wildman–Crippen MR) is 59.3 cm³/mol. The van der Waals surface area contributed by atoms with Crippen molar-refractivity contribution in [3.63, 3.8) is 0 Å². The van der Waals surface area contributed by atoms with Crippen molar-refractivity contribution in [2.24, 2.45) is 0 Å². The summed E-state index contributed by atoms with van der Waals surface area (Å²) in [6.45, 7) is 4.92. The Morgan fingerprint density at radius 2 is 2.14 bits per heavy atom. The summed E-state index contributed by atoms with van der Waals surface area (Å²) >= 11 is 1.83. The first-order valence-corrected chi connectivity index (χ1v) is 5.71. The zero-order valence-electron chi connectivity index (χ0n) is 8.35. The molecular formula is C11H15NOS. The summed E-state index contributed by atoms with van der Waals surface area (Å²) in [4.78, 5) is 1.31. The zero-order chi connectivity index (χ0) is 9.80. The van der Waals surface area contributed by atoms with Crippen LogP contribution in [0.15, 0.2) is 35.2 Å². The minimum absolute atomic E-state index is 0.508. The van der Waals surface area contributed by atoms with Gasteiger partial charge in [-0.15, -0.1) is 0 Å². The first kappa shape index (κ1) is 10.0. The minimum atomic E-state index is 0.508. The van der Waals surface area contributed by atoms with Crippen molar-refractivity contribution in [1.29, 1.82) is 0 Å². The van der Waals surface area contributed by atoms with Crippen LogP contribution in [0.1, 0.15) is 6.92 Å². The Morgan fingerprint density at radius 3 is 2.86 bits per heavy atom. The van der Waals surface area contributed by atoms with Gasteiger partial charge in [-0.3, -0.25) is 0 Å². The molecule has 14 heavy (non-hydrogen) atoms. The summed E-state index contributed by atoms with van der Waals surface area (Å²) in [5, 5.41) is 0. The topological polar surface area (TPSA) is 12.5 Å². The summed E-state index contributed by atoms with van der Waals surface area (Å²) in [6, 6.07) is 11.0. The van der Waals surface area contributed by atoms with Crippen LogP contribution in [0.3, 0.4) is 0 Å². The second-order valence-corrected chi connectivity index (χ2v) is 4.59. The highest BCUT2D eigenvalue weighted by atomic mass is 32.2. The maximum atomic E-state index is 5.39. The van der Waals surface area contributed by atoms with Gasteiger partial charge in [-0.25, -0.2) is 4.31 Å². The number of ether oxygens (including phenoxy) is 1. The Kier molecular flexibility index (Phi) is 3.45. The van der Waals surface area contributed by atoms with Crippen LogP contribution in [-0.2, 0) is 4.74 Å². The summed E-state index contributed by atoms with van der Waals surface area (Å²) < 4.78 is 7.78. The number of rotatable bonds is 2. The van der Waals surface area contributed by atoms with Gasteiger partial charge in [-0.1, -0.05) is 18.2 Å². The Balaban J connectivity index is 1.96. The van der Waals surface area contributed by atoms with E-state index in [4.69, 9.17) is 4.74 Å². The van der Waals surface area contributed by atoms with Crippen molar-refractivity contribution in [2.75, 3.05) is 19.8 Å². The number of benzene rings is 1. The zero-order valence-corrected chi connectivity index (χ0v) is 9.17. The third-order valence-corrected chi connectivity index (χ3v) is 3.53. The lowest BCUT2D eigenvalue weighted by Crippen LogP contribution is -2.38. The van der Waals surface area contributed by atoms with Gasteiger partial charge in [-0.2, -0.15) is 0 Å². The van der Waals surface area contributed by atoms with Crippen LogP contribution in [0.2, 0.25) is 0 Å². The van der Waals surface area contributed by atoms with Gasteiger partial charge in [0.2, 0.25) is 0 Å². The van der Waals surface area contributed by atoms with Crippen LogP contribution in [-0.4, -0.2) is 30.1 Å². The second kappa shape index (κ2) is 4.82. The van der Waals surface area contributed by atoms with E-state index in [-0.39, 0.29) is 0 Å².